The van der Waals surface area contributed by atoms with Gasteiger partial charge in [0.2, 0.25) is 21.8 Å². The summed E-state index contributed by atoms with van der Waals surface area (Å²) in [7, 11) is -3.65. The van der Waals surface area contributed by atoms with Gasteiger partial charge in [0.15, 0.2) is 0 Å². The normalized spacial score (nSPS) is 12.0. The summed E-state index contributed by atoms with van der Waals surface area (Å²) in [5, 5.41) is 2.86. The Bertz CT molecular complexity index is 1290. The second-order valence-electron chi connectivity index (χ2n) is 9.02. The number of halogens is 1. The SMILES string of the molecule is CCNC(=O)[C@@H](Cc1ccccc1)N(Cc1ccccc1)C(=O)CCCN(c1ccc(F)cc1)S(C)(=O)=O. The van der Waals surface area contributed by atoms with Crippen LogP contribution in [0.25, 0.3) is 0 Å². The van der Waals surface area contributed by atoms with E-state index in [4.69, 9.17) is 0 Å². The zero-order valence-electron chi connectivity index (χ0n) is 21.7. The first-order valence-electron chi connectivity index (χ1n) is 12.6. The lowest BCUT2D eigenvalue weighted by molar-refractivity contribution is -0.141. The molecule has 38 heavy (non-hydrogen) atoms. The molecule has 7 nitrogen and oxygen atoms in total. The van der Waals surface area contributed by atoms with Gasteiger partial charge in [-0.25, -0.2) is 12.8 Å². The molecule has 0 spiro atoms. The van der Waals surface area contributed by atoms with E-state index in [0.29, 0.717) is 18.7 Å². The van der Waals surface area contributed by atoms with Gasteiger partial charge in [-0.05, 0) is 48.7 Å². The molecule has 202 valence electrons. The van der Waals surface area contributed by atoms with Gasteiger partial charge in [0.1, 0.15) is 11.9 Å². The van der Waals surface area contributed by atoms with E-state index in [9.17, 15) is 22.4 Å². The Morgan fingerprint density at radius 1 is 0.895 bits per heavy atom. The van der Waals surface area contributed by atoms with Gasteiger partial charge in [0, 0.05) is 32.5 Å². The van der Waals surface area contributed by atoms with Crippen molar-refractivity contribution in [2.24, 2.45) is 0 Å². The minimum Gasteiger partial charge on any atom is -0.355 e. The summed E-state index contributed by atoms with van der Waals surface area (Å²) in [4.78, 5) is 28.4. The minimum atomic E-state index is -3.65. The van der Waals surface area contributed by atoms with E-state index in [1.807, 2.05) is 67.6 Å². The van der Waals surface area contributed by atoms with Crippen LogP contribution < -0.4 is 9.62 Å². The van der Waals surface area contributed by atoms with Crippen LogP contribution in [0, 0.1) is 5.82 Å². The van der Waals surface area contributed by atoms with Crippen molar-refractivity contribution in [3.05, 3.63) is 102 Å². The zero-order valence-corrected chi connectivity index (χ0v) is 22.5. The molecule has 0 bridgehead atoms. The summed E-state index contributed by atoms with van der Waals surface area (Å²) in [6.07, 6.45) is 1.67. The number of hydrogen-bond donors (Lipinski definition) is 1. The molecule has 0 aromatic heterocycles. The number of amides is 2. The van der Waals surface area contributed by atoms with Crippen LogP contribution in [0.4, 0.5) is 10.1 Å². The van der Waals surface area contributed by atoms with Crippen molar-refractivity contribution in [3.63, 3.8) is 0 Å². The molecule has 0 heterocycles. The fourth-order valence-electron chi connectivity index (χ4n) is 4.24. The Kier molecular flexibility index (Phi) is 10.4. The predicted molar refractivity (Wildman–Crippen MR) is 147 cm³/mol. The van der Waals surface area contributed by atoms with Crippen molar-refractivity contribution < 1.29 is 22.4 Å². The van der Waals surface area contributed by atoms with E-state index in [0.717, 1.165) is 21.7 Å². The molecule has 0 aliphatic heterocycles. The molecule has 0 saturated carbocycles. The smallest absolute Gasteiger partial charge is 0.243 e. The van der Waals surface area contributed by atoms with E-state index >= 15 is 0 Å². The number of benzene rings is 3. The predicted octanol–water partition coefficient (Wildman–Crippen LogP) is 4.15. The highest BCUT2D eigenvalue weighted by molar-refractivity contribution is 7.92. The minimum absolute atomic E-state index is 0.0325. The van der Waals surface area contributed by atoms with Crippen LogP contribution >= 0.6 is 0 Å². The molecule has 1 atom stereocenters. The highest BCUT2D eigenvalue weighted by Crippen LogP contribution is 2.20. The first-order chi connectivity index (χ1) is 18.2. The van der Waals surface area contributed by atoms with Crippen LogP contribution in [0.1, 0.15) is 30.9 Å². The molecule has 3 rings (SSSR count). The van der Waals surface area contributed by atoms with Gasteiger partial charge in [-0.2, -0.15) is 0 Å². The molecule has 3 aromatic carbocycles. The third-order valence-corrected chi connectivity index (χ3v) is 7.28. The molecule has 1 N–H and O–H groups in total. The maximum Gasteiger partial charge on any atom is 0.243 e. The van der Waals surface area contributed by atoms with Crippen molar-refractivity contribution in [1.82, 2.24) is 10.2 Å². The first-order valence-corrected chi connectivity index (χ1v) is 14.4. The van der Waals surface area contributed by atoms with Crippen molar-refractivity contribution in [2.75, 3.05) is 23.7 Å². The number of hydrogen-bond acceptors (Lipinski definition) is 4. The molecular weight excluding hydrogens is 505 g/mol. The molecule has 3 aromatic rings. The largest absolute Gasteiger partial charge is 0.355 e. The van der Waals surface area contributed by atoms with Crippen molar-refractivity contribution in [3.8, 4) is 0 Å². The lowest BCUT2D eigenvalue weighted by atomic mass is 10.0. The third-order valence-electron chi connectivity index (χ3n) is 6.08. The number of carbonyl (C=O) groups excluding carboxylic acids is 2. The standard InChI is InChI=1S/C29H34FN3O4S/c1-3-31-29(35)27(21-23-11-6-4-7-12-23)32(22-24-13-8-5-9-14-24)28(34)15-10-20-33(38(2,36)37)26-18-16-25(30)17-19-26/h4-9,11-14,16-19,27H,3,10,15,20-22H2,1-2H3,(H,31,35)/t27-/m1/s1. The number of anilines is 1. The third kappa shape index (κ3) is 8.41. The van der Waals surface area contributed by atoms with E-state index in [-0.39, 0.29) is 37.7 Å². The number of sulfonamides is 1. The first kappa shape index (κ1) is 28.8. The van der Waals surface area contributed by atoms with Crippen LogP contribution in [-0.4, -0.2) is 50.5 Å². The van der Waals surface area contributed by atoms with Gasteiger partial charge in [-0.15, -0.1) is 0 Å². The monoisotopic (exact) mass is 539 g/mol. The Balaban J connectivity index is 1.83. The summed E-state index contributed by atoms with van der Waals surface area (Å²) in [5.74, 6) is -0.970. The molecule has 2 amide bonds. The van der Waals surface area contributed by atoms with E-state index in [1.165, 1.54) is 24.3 Å². The van der Waals surface area contributed by atoms with E-state index in [2.05, 4.69) is 5.32 Å². The highest BCUT2D eigenvalue weighted by atomic mass is 32.2. The average molecular weight is 540 g/mol. The number of nitrogens with zero attached hydrogens (tertiary/aromatic N) is 2. The maximum atomic E-state index is 13.6. The molecule has 0 unspecified atom stereocenters. The Hall–Kier alpha value is -3.72. The van der Waals surface area contributed by atoms with Gasteiger partial charge in [-0.3, -0.25) is 13.9 Å². The van der Waals surface area contributed by atoms with Crippen molar-refractivity contribution >= 4 is 27.5 Å². The van der Waals surface area contributed by atoms with Gasteiger partial charge < -0.3 is 10.2 Å². The topological polar surface area (TPSA) is 86.8 Å². The Morgan fingerprint density at radius 2 is 1.47 bits per heavy atom. The molecule has 0 radical (unpaired) electrons. The highest BCUT2D eigenvalue weighted by Gasteiger charge is 2.30. The fraction of sp³-hybridized carbons (Fsp3) is 0.310. The van der Waals surface area contributed by atoms with Crippen LogP contribution in [-0.2, 0) is 32.6 Å². The molecule has 0 fully saturated rings. The second kappa shape index (κ2) is 13.7. The number of likely N-dealkylation sites (N-methyl/N-ethyl adjacent to an activating group) is 1. The quantitative estimate of drug-likeness (QED) is 0.354. The van der Waals surface area contributed by atoms with E-state index < -0.39 is 21.9 Å². The second-order valence-corrected chi connectivity index (χ2v) is 10.9. The Morgan fingerprint density at radius 3 is 2.03 bits per heavy atom. The molecule has 0 saturated heterocycles. The van der Waals surface area contributed by atoms with Gasteiger partial charge >= 0.3 is 0 Å². The molecule has 0 aliphatic carbocycles. The Labute approximate surface area is 224 Å². The van der Waals surface area contributed by atoms with Crippen molar-refractivity contribution in [1.29, 1.82) is 0 Å². The molecule has 9 heteroatoms. The lowest BCUT2D eigenvalue weighted by Gasteiger charge is -2.32. The number of rotatable bonds is 13. The van der Waals surface area contributed by atoms with Gasteiger partial charge in [0.25, 0.3) is 0 Å². The summed E-state index contributed by atoms with van der Waals surface area (Å²) in [6, 6.07) is 23.4. The molecule has 0 aliphatic rings. The average Bonchev–Trinajstić information content (AvgIpc) is 2.90. The zero-order chi connectivity index (χ0) is 27.5. The van der Waals surface area contributed by atoms with Crippen molar-refractivity contribution in [2.45, 2.75) is 38.8 Å². The maximum absolute atomic E-state index is 13.6. The van der Waals surface area contributed by atoms with Crippen LogP contribution in [0.15, 0.2) is 84.9 Å². The van der Waals surface area contributed by atoms with Crippen LogP contribution in [0.3, 0.4) is 0 Å². The summed E-state index contributed by atoms with van der Waals surface area (Å²) in [5.41, 5.74) is 2.13. The lowest BCUT2D eigenvalue weighted by Crippen LogP contribution is -2.50. The summed E-state index contributed by atoms with van der Waals surface area (Å²) in [6.45, 7) is 2.54. The fourth-order valence-corrected chi connectivity index (χ4v) is 5.20. The summed E-state index contributed by atoms with van der Waals surface area (Å²) >= 11 is 0. The number of nitrogens with one attached hydrogen (secondary N) is 1. The number of carbonyl (C=O) groups is 2. The van der Waals surface area contributed by atoms with E-state index in [1.54, 1.807) is 4.90 Å². The van der Waals surface area contributed by atoms with Crippen LogP contribution in [0.5, 0.6) is 0 Å². The van der Waals surface area contributed by atoms with Gasteiger partial charge in [0.05, 0.1) is 11.9 Å². The van der Waals surface area contributed by atoms with Gasteiger partial charge in [-0.1, -0.05) is 60.7 Å². The summed E-state index contributed by atoms with van der Waals surface area (Å²) < 4.78 is 39.4. The molecular formula is C29H34FN3O4S. The van der Waals surface area contributed by atoms with Crippen LogP contribution in [0.2, 0.25) is 0 Å².